The van der Waals surface area contributed by atoms with Crippen LogP contribution in [0, 0.1) is 12.8 Å². The van der Waals surface area contributed by atoms with Crippen LogP contribution in [-0.4, -0.2) is 42.3 Å². The third-order valence-corrected chi connectivity index (χ3v) is 6.10. The minimum atomic E-state index is -4.11. The molecule has 1 saturated heterocycles. The molecule has 0 atom stereocenters. The molecule has 0 aromatic heterocycles. The van der Waals surface area contributed by atoms with Crippen molar-refractivity contribution in [2.24, 2.45) is 5.92 Å². The SMILES string of the molecule is Cc1ccccc1CN1CCC(NC(=O)NC2CCC(C(F)(F)F)CC2)CC1. The van der Waals surface area contributed by atoms with Gasteiger partial charge in [0, 0.05) is 31.7 Å². The molecule has 4 nitrogen and oxygen atoms in total. The van der Waals surface area contributed by atoms with Gasteiger partial charge in [-0.2, -0.15) is 13.2 Å². The lowest BCUT2D eigenvalue weighted by Gasteiger charge is -2.34. The van der Waals surface area contributed by atoms with Crippen molar-refractivity contribution in [1.29, 1.82) is 0 Å². The number of hydrogen-bond acceptors (Lipinski definition) is 2. The molecule has 28 heavy (non-hydrogen) atoms. The van der Waals surface area contributed by atoms with Crippen LogP contribution in [0.15, 0.2) is 24.3 Å². The van der Waals surface area contributed by atoms with Gasteiger partial charge in [-0.05, 0) is 56.6 Å². The second-order valence-electron chi connectivity index (χ2n) is 8.18. The van der Waals surface area contributed by atoms with Crippen molar-refractivity contribution in [3.05, 3.63) is 35.4 Å². The van der Waals surface area contributed by atoms with Crippen LogP contribution < -0.4 is 10.6 Å². The molecule has 0 bridgehead atoms. The van der Waals surface area contributed by atoms with Gasteiger partial charge in [0.15, 0.2) is 0 Å². The normalized spacial score (nSPS) is 24.7. The number of hydrogen-bond donors (Lipinski definition) is 2. The number of piperidine rings is 1. The largest absolute Gasteiger partial charge is 0.391 e. The summed E-state index contributed by atoms with van der Waals surface area (Å²) >= 11 is 0. The molecule has 1 aliphatic carbocycles. The first-order valence-corrected chi connectivity index (χ1v) is 10.2. The molecule has 7 heteroatoms. The van der Waals surface area contributed by atoms with Gasteiger partial charge in [-0.1, -0.05) is 24.3 Å². The van der Waals surface area contributed by atoms with E-state index in [1.807, 2.05) is 6.07 Å². The Morgan fingerprint density at radius 1 is 1.00 bits per heavy atom. The Kier molecular flexibility index (Phi) is 6.86. The number of nitrogens with zero attached hydrogens (tertiary/aromatic N) is 1. The van der Waals surface area contributed by atoms with Gasteiger partial charge in [0.25, 0.3) is 0 Å². The number of amides is 2. The molecule has 156 valence electrons. The second-order valence-corrected chi connectivity index (χ2v) is 8.18. The Labute approximate surface area is 164 Å². The van der Waals surface area contributed by atoms with Gasteiger partial charge in [-0.3, -0.25) is 4.90 Å². The van der Waals surface area contributed by atoms with Crippen LogP contribution in [0.4, 0.5) is 18.0 Å². The lowest BCUT2D eigenvalue weighted by atomic mass is 9.85. The minimum absolute atomic E-state index is 0.103. The van der Waals surface area contributed by atoms with Gasteiger partial charge in [-0.15, -0.1) is 0 Å². The summed E-state index contributed by atoms with van der Waals surface area (Å²) < 4.78 is 38.2. The lowest BCUT2D eigenvalue weighted by molar-refractivity contribution is -0.182. The number of alkyl halides is 3. The number of halogens is 3. The molecule has 2 aliphatic rings. The third-order valence-electron chi connectivity index (χ3n) is 6.10. The molecular weight excluding hydrogens is 367 g/mol. The lowest BCUT2D eigenvalue weighted by Crippen LogP contribution is -2.50. The fraction of sp³-hybridized carbons (Fsp3) is 0.667. The summed E-state index contributed by atoms with van der Waals surface area (Å²) in [6, 6.07) is 8.11. The number of carbonyl (C=O) groups excluding carboxylic acids is 1. The standard InChI is InChI=1S/C21H30F3N3O/c1-15-4-2-3-5-16(15)14-27-12-10-19(11-13-27)26-20(28)25-18-8-6-17(7-9-18)21(22,23)24/h2-5,17-19H,6-14H2,1H3,(H2,25,26,28). The van der Waals surface area contributed by atoms with Gasteiger partial charge >= 0.3 is 12.2 Å². The third kappa shape index (κ3) is 5.87. The maximum atomic E-state index is 12.7. The fourth-order valence-corrected chi connectivity index (χ4v) is 4.24. The van der Waals surface area contributed by atoms with Gasteiger partial charge in [0.05, 0.1) is 5.92 Å². The number of aryl methyl sites for hydroxylation is 1. The zero-order valence-corrected chi connectivity index (χ0v) is 16.4. The smallest absolute Gasteiger partial charge is 0.335 e. The van der Waals surface area contributed by atoms with E-state index in [1.54, 1.807) is 0 Å². The molecule has 1 saturated carbocycles. The van der Waals surface area contributed by atoms with Crippen LogP contribution >= 0.6 is 0 Å². The van der Waals surface area contributed by atoms with Crippen LogP contribution in [-0.2, 0) is 6.54 Å². The van der Waals surface area contributed by atoms with E-state index in [-0.39, 0.29) is 31.0 Å². The zero-order valence-electron chi connectivity index (χ0n) is 16.4. The molecule has 1 aromatic rings. The summed E-state index contributed by atoms with van der Waals surface area (Å²) in [6.45, 7) is 4.90. The Morgan fingerprint density at radius 3 is 2.14 bits per heavy atom. The van der Waals surface area contributed by atoms with Crippen LogP contribution in [0.1, 0.15) is 49.7 Å². The Hall–Kier alpha value is -1.76. The van der Waals surface area contributed by atoms with Crippen molar-refractivity contribution >= 4 is 6.03 Å². The fourth-order valence-electron chi connectivity index (χ4n) is 4.24. The molecule has 1 aromatic carbocycles. The van der Waals surface area contributed by atoms with E-state index >= 15 is 0 Å². The average Bonchev–Trinajstić information content (AvgIpc) is 2.65. The van der Waals surface area contributed by atoms with E-state index < -0.39 is 12.1 Å². The van der Waals surface area contributed by atoms with E-state index in [2.05, 4.69) is 40.7 Å². The monoisotopic (exact) mass is 397 g/mol. The molecule has 2 N–H and O–H groups in total. The predicted molar refractivity (Wildman–Crippen MR) is 103 cm³/mol. The molecule has 1 aliphatic heterocycles. The van der Waals surface area contributed by atoms with Crippen molar-refractivity contribution in [3.63, 3.8) is 0 Å². The molecule has 0 spiro atoms. The number of urea groups is 1. The summed E-state index contributed by atoms with van der Waals surface area (Å²) in [5.74, 6) is -1.22. The predicted octanol–water partition coefficient (Wildman–Crippen LogP) is 4.38. The van der Waals surface area contributed by atoms with E-state index in [0.717, 1.165) is 32.5 Å². The van der Waals surface area contributed by atoms with Crippen molar-refractivity contribution in [3.8, 4) is 0 Å². The van der Waals surface area contributed by atoms with Crippen molar-refractivity contribution in [2.45, 2.75) is 70.3 Å². The van der Waals surface area contributed by atoms with Crippen molar-refractivity contribution < 1.29 is 18.0 Å². The van der Waals surface area contributed by atoms with Crippen LogP contribution in [0.3, 0.4) is 0 Å². The summed E-state index contributed by atoms with van der Waals surface area (Å²) in [5.41, 5.74) is 2.63. The maximum Gasteiger partial charge on any atom is 0.391 e. The minimum Gasteiger partial charge on any atom is -0.335 e. The van der Waals surface area contributed by atoms with Crippen molar-refractivity contribution in [2.75, 3.05) is 13.1 Å². The van der Waals surface area contributed by atoms with Gasteiger partial charge in [0.2, 0.25) is 0 Å². The topological polar surface area (TPSA) is 44.4 Å². The number of nitrogens with one attached hydrogen (secondary N) is 2. The first kappa shape index (κ1) is 21.0. The average molecular weight is 397 g/mol. The van der Waals surface area contributed by atoms with E-state index in [9.17, 15) is 18.0 Å². The summed E-state index contributed by atoms with van der Waals surface area (Å²) in [6.07, 6.45) is -1.34. The second kappa shape index (κ2) is 9.16. The highest BCUT2D eigenvalue weighted by atomic mass is 19.4. The summed E-state index contributed by atoms with van der Waals surface area (Å²) in [7, 11) is 0. The molecule has 3 rings (SSSR count). The Bertz CT molecular complexity index is 649. The highest BCUT2D eigenvalue weighted by Gasteiger charge is 2.41. The van der Waals surface area contributed by atoms with Gasteiger partial charge in [0.1, 0.15) is 0 Å². The first-order chi connectivity index (χ1) is 13.3. The molecule has 1 heterocycles. The Morgan fingerprint density at radius 2 is 1.57 bits per heavy atom. The van der Waals surface area contributed by atoms with Crippen LogP contribution in [0.25, 0.3) is 0 Å². The summed E-state index contributed by atoms with van der Waals surface area (Å²) in [5, 5.41) is 5.87. The zero-order chi connectivity index (χ0) is 20.1. The molecule has 2 fully saturated rings. The van der Waals surface area contributed by atoms with E-state index in [1.165, 1.54) is 11.1 Å². The highest BCUT2D eigenvalue weighted by molar-refractivity contribution is 5.74. The molecule has 2 amide bonds. The molecule has 0 radical (unpaired) electrons. The van der Waals surface area contributed by atoms with Crippen LogP contribution in [0.5, 0.6) is 0 Å². The number of rotatable bonds is 4. The number of likely N-dealkylation sites (tertiary alicyclic amines) is 1. The van der Waals surface area contributed by atoms with Gasteiger partial charge in [-0.25, -0.2) is 4.79 Å². The molecule has 0 unspecified atom stereocenters. The molecular formula is C21H30F3N3O. The highest BCUT2D eigenvalue weighted by Crippen LogP contribution is 2.37. The summed E-state index contributed by atoms with van der Waals surface area (Å²) in [4.78, 5) is 14.6. The van der Waals surface area contributed by atoms with Gasteiger partial charge < -0.3 is 10.6 Å². The first-order valence-electron chi connectivity index (χ1n) is 10.2. The quantitative estimate of drug-likeness (QED) is 0.792. The number of carbonyl (C=O) groups is 1. The van der Waals surface area contributed by atoms with Crippen molar-refractivity contribution in [1.82, 2.24) is 15.5 Å². The maximum absolute atomic E-state index is 12.7. The van der Waals surface area contributed by atoms with E-state index in [0.29, 0.717) is 12.8 Å². The number of benzene rings is 1. The van der Waals surface area contributed by atoms with E-state index in [4.69, 9.17) is 0 Å². The Balaban J connectivity index is 1.36. The van der Waals surface area contributed by atoms with Crippen LogP contribution in [0.2, 0.25) is 0 Å².